The fourth-order valence-electron chi connectivity index (χ4n) is 3.96. The normalized spacial score (nSPS) is 15.2. The molecule has 8 nitrogen and oxygen atoms in total. The molecule has 0 aliphatic carbocycles. The monoisotopic (exact) mass is 512 g/mol. The van der Waals surface area contributed by atoms with E-state index in [4.69, 9.17) is 9.78 Å². The van der Waals surface area contributed by atoms with Gasteiger partial charge in [-0.2, -0.15) is 9.57 Å². The zero-order valence-electron chi connectivity index (χ0n) is 19.2. The third kappa shape index (κ3) is 5.35. The van der Waals surface area contributed by atoms with E-state index in [-0.39, 0.29) is 46.8 Å². The number of anilines is 1. The Bertz CT molecular complexity index is 1450. The molecule has 1 fully saturated rings. The summed E-state index contributed by atoms with van der Waals surface area (Å²) in [7, 11) is -4.01. The fraction of sp³-hybridized carbons (Fsp3) is 0.240. The van der Waals surface area contributed by atoms with Gasteiger partial charge in [-0.3, -0.25) is 4.79 Å². The molecule has 2 heterocycles. The first-order chi connectivity index (χ1) is 17.2. The lowest BCUT2D eigenvalue weighted by molar-refractivity contribution is -0.120. The number of hydrogen-bond acceptors (Lipinski definition) is 6. The molecule has 1 saturated heterocycles. The van der Waals surface area contributed by atoms with Gasteiger partial charge in [0, 0.05) is 36.3 Å². The van der Waals surface area contributed by atoms with Gasteiger partial charge in [0.2, 0.25) is 15.9 Å². The lowest BCUT2D eigenvalue weighted by Gasteiger charge is -2.30. The van der Waals surface area contributed by atoms with Crippen LogP contribution in [0.15, 0.2) is 51.9 Å². The van der Waals surface area contributed by atoms with Gasteiger partial charge >= 0.3 is 0 Å². The summed E-state index contributed by atoms with van der Waals surface area (Å²) in [5, 5.41) is 15.4. The third-order valence-corrected chi connectivity index (χ3v) is 7.97. The molecule has 3 aromatic rings. The molecule has 0 atom stereocenters. The second kappa shape index (κ2) is 10.4. The number of nitrogens with zero attached hydrogens (tertiary/aromatic N) is 3. The molecule has 1 aliphatic rings. The van der Waals surface area contributed by atoms with Crippen molar-refractivity contribution in [3.8, 4) is 6.07 Å². The summed E-state index contributed by atoms with van der Waals surface area (Å²) >= 11 is 0. The van der Waals surface area contributed by atoms with Crippen molar-refractivity contribution in [3.05, 3.63) is 76.7 Å². The van der Waals surface area contributed by atoms with Crippen LogP contribution in [0, 0.1) is 35.8 Å². The van der Waals surface area contributed by atoms with Crippen molar-refractivity contribution >= 4 is 33.8 Å². The number of piperidine rings is 1. The van der Waals surface area contributed by atoms with E-state index in [1.807, 2.05) is 6.07 Å². The standard InChI is InChI=1S/C25H22F2N4O4S/c1-16-24(23(35-30-16)9-5-18-4-6-20(26)14-22(18)27)36(33,34)31-12-10-19(11-13-31)25(32)29-21-7-2-17(15-28)3-8-21/h2-9,14,19H,10-13H2,1H3,(H,29,32). The Hall–Kier alpha value is -3.88. The molecule has 2 aromatic carbocycles. The lowest BCUT2D eigenvalue weighted by atomic mass is 9.97. The first-order valence-electron chi connectivity index (χ1n) is 11.1. The molecule has 0 radical (unpaired) electrons. The number of rotatable bonds is 6. The number of nitrogens with one attached hydrogen (secondary N) is 1. The highest BCUT2D eigenvalue weighted by Crippen LogP contribution is 2.30. The molecular formula is C25H22F2N4O4S. The molecule has 1 aromatic heterocycles. The summed E-state index contributed by atoms with van der Waals surface area (Å²) in [4.78, 5) is 12.5. The van der Waals surface area contributed by atoms with Gasteiger partial charge in [-0.15, -0.1) is 0 Å². The number of hydrogen-bond donors (Lipinski definition) is 1. The Labute approximate surface area is 206 Å². The van der Waals surface area contributed by atoms with Crippen LogP contribution in [0.1, 0.15) is 35.4 Å². The van der Waals surface area contributed by atoms with Crippen molar-refractivity contribution in [1.29, 1.82) is 5.26 Å². The molecule has 0 saturated carbocycles. The van der Waals surface area contributed by atoms with Crippen molar-refractivity contribution in [2.24, 2.45) is 5.92 Å². The Balaban J connectivity index is 1.45. The summed E-state index contributed by atoms with van der Waals surface area (Å²) in [6.07, 6.45) is 3.20. The largest absolute Gasteiger partial charge is 0.355 e. The van der Waals surface area contributed by atoms with Gasteiger partial charge in [0.25, 0.3) is 0 Å². The van der Waals surface area contributed by atoms with Crippen molar-refractivity contribution in [2.45, 2.75) is 24.7 Å². The average molecular weight is 513 g/mol. The number of carbonyl (C=O) groups excluding carboxylic acids is 1. The Morgan fingerprint density at radius 2 is 1.86 bits per heavy atom. The molecule has 1 aliphatic heterocycles. The van der Waals surface area contributed by atoms with Crippen LogP contribution in [0.5, 0.6) is 0 Å². The number of sulfonamides is 1. The molecule has 1 amide bonds. The van der Waals surface area contributed by atoms with Crippen LogP contribution in [-0.2, 0) is 14.8 Å². The highest BCUT2D eigenvalue weighted by atomic mass is 32.2. The van der Waals surface area contributed by atoms with E-state index in [2.05, 4.69) is 10.5 Å². The summed E-state index contributed by atoms with van der Waals surface area (Å²) in [6.45, 7) is 1.73. The number of nitriles is 1. The second-order valence-corrected chi connectivity index (χ2v) is 10.2. The highest BCUT2D eigenvalue weighted by Gasteiger charge is 2.36. The maximum absolute atomic E-state index is 13.9. The van der Waals surface area contributed by atoms with Crippen LogP contribution in [0.4, 0.5) is 14.5 Å². The molecule has 0 spiro atoms. The van der Waals surface area contributed by atoms with E-state index < -0.39 is 21.7 Å². The van der Waals surface area contributed by atoms with Crippen LogP contribution in [0.25, 0.3) is 12.2 Å². The molecule has 4 rings (SSSR count). The van der Waals surface area contributed by atoms with Crippen molar-refractivity contribution in [3.63, 3.8) is 0 Å². The van der Waals surface area contributed by atoms with Gasteiger partial charge in [0.1, 0.15) is 17.3 Å². The number of amides is 1. The summed E-state index contributed by atoms with van der Waals surface area (Å²) in [5.74, 6) is -2.19. The van der Waals surface area contributed by atoms with Crippen molar-refractivity contribution < 1.29 is 26.5 Å². The summed E-state index contributed by atoms with van der Waals surface area (Å²) in [6, 6.07) is 11.5. The Morgan fingerprint density at radius 1 is 1.17 bits per heavy atom. The maximum atomic E-state index is 13.9. The van der Waals surface area contributed by atoms with Crippen LogP contribution >= 0.6 is 0 Å². The predicted octanol–water partition coefficient (Wildman–Crippen LogP) is 4.34. The topological polar surface area (TPSA) is 116 Å². The van der Waals surface area contributed by atoms with Crippen LogP contribution in [-0.4, -0.2) is 36.9 Å². The van der Waals surface area contributed by atoms with Crippen molar-refractivity contribution in [1.82, 2.24) is 9.46 Å². The van der Waals surface area contributed by atoms with Gasteiger partial charge in [-0.25, -0.2) is 17.2 Å². The minimum absolute atomic E-state index is 0.0582. The Morgan fingerprint density at radius 3 is 2.50 bits per heavy atom. The molecule has 0 bridgehead atoms. The molecule has 36 heavy (non-hydrogen) atoms. The SMILES string of the molecule is Cc1noc(C=Cc2ccc(F)cc2F)c1S(=O)(=O)N1CCC(C(=O)Nc2ccc(C#N)cc2)CC1. The molecule has 11 heteroatoms. The third-order valence-electron chi connectivity index (χ3n) is 5.91. The minimum atomic E-state index is -4.01. The molecule has 0 unspecified atom stereocenters. The van der Waals surface area contributed by atoms with Crippen molar-refractivity contribution in [2.75, 3.05) is 18.4 Å². The van der Waals surface area contributed by atoms with E-state index in [0.717, 1.165) is 12.1 Å². The molecule has 1 N–H and O–H groups in total. The number of aryl methyl sites for hydroxylation is 1. The summed E-state index contributed by atoms with van der Waals surface area (Å²) < 4.78 is 60.3. The predicted molar refractivity (Wildman–Crippen MR) is 128 cm³/mol. The smallest absolute Gasteiger partial charge is 0.248 e. The fourth-order valence-corrected chi connectivity index (χ4v) is 5.68. The van der Waals surface area contributed by atoms with Crippen LogP contribution in [0.2, 0.25) is 0 Å². The van der Waals surface area contributed by atoms with E-state index in [1.165, 1.54) is 29.4 Å². The van der Waals surface area contributed by atoms with E-state index in [1.54, 1.807) is 24.3 Å². The number of carbonyl (C=O) groups is 1. The zero-order chi connectivity index (χ0) is 25.9. The number of aromatic nitrogens is 1. The first-order valence-corrected chi connectivity index (χ1v) is 12.5. The van der Waals surface area contributed by atoms with Gasteiger partial charge < -0.3 is 9.84 Å². The molecular weight excluding hydrogens is 490 g/mol. The van der Waals surface area contributed by atoms with Crippen LogP contribution in [0.3, 0.4) is 0 Å². The highest BCUT2D eigenvalue weighted by molar-refractivity contribution is 7.89. The maximum Gasteiger partial charge on any atom is 0.248 e. The van der Waals surface area contributed by atoms with E-state index >= 15 is 0 Å². The lowest BCUT2D eigenvalue weighted by Crippen LogP contribution is -2.41. The summed E-state index contributed by atoms with van der Waals surface area (Å²) in [5.41, 5.74) is 1.24. The minimum Gasteiger partial charge on any atom is -0.355 e. The quantitative estimate of drug-likeness (QED) is 0.525. The van der Waals surface area contributed by atoms with Gasteiger partial charge in [0.05, 0.1) is 11.6 Å². The van der Waals surface area contributed by atoms with Gasteiger partial charge in [-0.1, -0.05) is 5.16 Å². The zero-order valence-corrected chi connectivity index (χ0v) is 20.1. The second-order valence-electron chi connectivity index (χ2n) is 8.32. The number of benzene rings is 2. The van der Waals surface area contributed by atoms with E-state index in [0.29, 0.717) is 24.1 Å². The number of halogens is 2. The Kier molecular flexibility index (Phi) is 7.28. The molecule has 186 valence electrons. The van der Waals surface area contributed by atoms with E-state index in [9.17, 15) is 22.0 Å². The van der Waals surface area contributed by atoms with Gasteiger partial charge in [0.15, 0.2) is 10.7 Å². The van der Waals surface area contributed by atoms with Gasteiger partial charge in [-0.05, 0) is 68.3 Å². The average Bonchev–Trinajstić information content (AvgIpc) is 3.25. The first kappa shape index (κ1) is 25.2. The van der Waals surface area contributed by atoms with Crippen LogP contribution < -0.4 is 5.32 Å².